The summed E-state index contributed by atoms with van der Waals surface area (Å²) in [5.41, 5.74) is 1.40. The van der Waals surface area contributed by atoms with Crippen LogP contribution in [0.5, 0.6) is 0 Å². The van der Waals surface area contributed by atoms with E-state index in [2.05, 4.69) is 57.3 Å². The second kappa shape index (κ2) is 10.3. The van der Waals surface area contributed by atoms with E-state index in [-0.39, 0.29) is 0 Å². The van der Waals surface area contributed by atoms with E-state index in [4.69, 9.17) is 0 Å². The number of thioether (sulfide) groups is 1. The van der Waals surface area contributed by atoms with Crippen LogP contribution in [0, 0.1) is 12.8 Å². The molecule has 0 spiro atoms. The Morgan fingerprint density at radius 3 is 2.55 bits per heavy atom. The third kappa shape index (κ3) is 6.81. The van der Waals surface area contributed by atoms with E-state index in [1.807, 2.05) is 11.8 Å². The molecule has 0 fully saturated rings. The predicted octanol–water partition coefficient (Wildman–Crippen LogP) is 5.28. The SMILES string of the molecule is CCCNC(CSc1ccccc1C)CC(C)CCC. The highest BCUT2D eigenvalue weighted by Crippen LogP contribution is 2.24. The summed E-state index contributed by atoms with van der Waals surface area (Å²) in [6.45, 7) is 10.3. The van der Waals surface area contributed by atoms with Gasteiger partial charge >= 0.3 is 0 Å². The van der Waals surface area contributed by atoms with E-state index in [0.29, 0.717) is 6.04 Å². The summed E-state index contributed by atoms with van der Waals surface area (Å²) in [7, 11) is 0. The van der Waals surface area contributed by atoms with Crippen LogP contribution in [0.2, 0.25) is 0 Å². The average molecular weight is 294 g/mol. The molecule has 1 aromatic carbocycles. The summed E-state index contributed by atoms with van der Waals surface area (Å²) in [6.07, 6.45) is 5.16. The quantitative estimate of drug-likeness (QED) is 0.589. The monoisotopic (exact) mass is 293 g/mol. The largest absolute Gasteiger partial charge is 0.313 e. The molecule has 0 aliphatic heterocycles. The zero-order valence-corrected chi connectivity index (χ0v) is 14.4. The summed E-state index contributed by atoms with van der Waals surface area (Å²) in [4.78, 5) is 1.43. The van der Waals surface area contributed by atoms with E-state index in [1.54, 1.807) is 0 Å². The minimum atomic E-state index is 0.640. The van der Waals surface area contributed by atoms with Crippen molar-refractivity contribution in [1.82, 2.24) is 5.32 Å². The maximum atomic E-state index is 3.73. The molecule has 1 nitrogen and oxygen atoms in total. The van der Waals surface area contributed by atoms with Crippen LogP contribution < -0.4 is 5.32 Å². The van der Waals surface area contributed by atoms with Crippen LogP contribution in [0.1, 0.15) is 52.0 Å². The van der Waals surface area contributed by atoms with Crippen molar-refractivity contribution in [2.24, 2.45) is 5.92 Å². The molecule has 0 saturated heterocycles. The number of benzene rings is 1. The molecule has 1 aromatic rings. The lowest BCUT2D eigenvalue weighted by Gasteiger charge is -2.22. The lowest BCUT2D eigenvalue weighted by Crippen LogP contribution is -2.33. The number of rotatable bonds is 10. The fourth-order valence-electron chi connectivity index (χ4n) is 2.56. The van der Waals surface area contributed by atoms with Crippen LogP contribution in [-0.2, 0) is 0 Å². The van der Waals surface area contributed by atoms with Crippen molar-refractivity contribution < 1.29 is 0 Å². The van der Waals surface area contributed by atoms with Gasteiger partial charge in [-0.1, -0.05) is 51.8 Å². The number of nitrogens with one attached hydrogen (secondary N) is 1. The van der Waals surface area contributed by atoms with Crippen LogP contribution in [0.3, 0.4) is 0 Å². The van der Waals surface area contributed by atoms with Crippen molar-refractivity contribution in [1.29, 1.82) is 0 Å². The van der Waals surface area contributed by atoms with Crippen LogP contribution in [0.15, 0.2) is 29.2 Å². The second-order valence-corrected chi connectivity index (χ2v) is 6.92. The fraction of sp³-hybridized carbons (Fsp3) is 0.667. The number of hydrogen-bond donors (Lipinski definition) is 1. The van der Waals surface area contributed by atoms with E-state index in [0.717, 1.165) is 12.5 Å². The lowest BCUT2D eigenvalue weighted by molar-refractivity contribution is 0.404. The second-order valence-electron chi connectivity index (χ2n) is 5.86. The first-order valence-electron chi connectivity index (χ1n) is 8.09. The summed E-state index contributed by atoms with van der Waals surface area (Å²) in [5.74, 6) is 2.01. The molecule has 0 saturated carbocycles. The van der Waals surface area contributed by atoms with Crippen molar-refractivity contribution in [3.05, 3.63) is 29.8 Å². The molecule has 114 valence electrons. The molecule has 2 heteroatoms. The van der Waals surface area contributed by atoms with Gasteiger partial charge in [-0.2, -0.15) is 0 Å². The summed E-state index contributed by atoms with van der Waals surface area (Å²) in [5, 5.41) is 3.73. The Bertz CT molecular complexity index is 364. The molecule has 2 unspecified atom stereocenters. The fourth-order valence-corrected chi connectivity index (χ4v) is 3.67. The standard InChI is InChI=1S/C18H31NS/c1-5-9-15(3)13-17(19-12-6-2)14-20-18-11-8-7-10-16(18)4/h7-8,10-11,15,17,19H,5-6,9,12-14H2,1-4H3. The van der Waals surface area contributed by atoms with Crippen molar-refractivity contribution in [3.63, 3.8) is 0 Å². The molecule has 0 bridgehead atoms. The minimum absolute atomic E-state index is 0.640. The van der Waals surface area contributed by atoms with Gasteiger partial charge in [0.2, 0.25) is 0 Å². The van der Waals surface area contributed by atoms with Gasteiger partial charge in [0.05, 0.1) is 0 Å². The molecule has 0 aromatic heterocycles. The van der Waals surface area contributed by atoms with E-state index in [9.17, 15) is 0 Å². The van der Waals surface area contributed by atoms with Crippen LogP contribution in [-0.4, -0.2) is 18.3 Å². The van der Waals surface area contributed by atoms with Gasteiger partial charge in [-0.15, -0.1) is 11.8 Å². The summed E-state index contributed by atoms with van der Waals surface area (Å²) < 4.78 is 0. The molecule has 0 heterocycles. The zero-order chi connectivity index (χ0) is 14.8. The van der Waals surface area contributed by atoms with E-state index in [1.165, 1.54) is 41.9 Å². The lowest BCUT2D eigenvalue weighted by atomic mass is 9.98. The van der Waals surface area contributed by atoms with Gasteiger partial charge in [0.15, 0.2) is 0 Å². The first kappa shape index (κ1) is 17.6. The van der Waals surface area contributed by atoms with Crippen LogP contribution in [0.4, 0.5) is 0 Å². The van der Waals surface area contributed by atoms with Crippen molar-refractivity contribution in [2.45, 2.75) is 64.3 Å². The molecule has 0 radical (unpaired) electrons. The highest BCUT2D eigenvalue weighted by atomic mass is 32.2. The first-order chi connectivity index (χ1) is 9.67. The van der Waals surface area contributed by atoms with Gasteiger partial charge in [0, 0.05) is 16.7 Å². The highest BCUT2D eigenvalue weighted by Gasteiger charge is 2.13. The van der Waals surface area contributed by atoms with Gasteiger partial charge in [-0.3, -0.25) is 0 Å². The zero-order valence-electron chi connectivity index (χ0n) is 13.6. The molecule has 1 N–H and O–H groups in total. The van der Waals surface area contributed by atoms with Gasteiger partial charge in [-0.05, 0) is 43.9 Å². The van der Waals surface area contributed by atoms with E-state index < -0.39 is 0 Å². The molecule has 2 atom stereocenters. The van der Waals surface area contributed by atoms with E-state index >= 15 is 0 Å². The Kier molecular flexibility index (Phi) is 9.04. The number of hydrogen-bond acceptors (Lipinski definition) is 2. The summed E-state index contributed by atoms with van der Waals surface area (Å²) in [6, 6.07) is 9.35. The van der Waals surface area contributed by atoms with Crippen molar-refractivity contribution in [2.75, 3.05) is 12.3 Å². The van der Waals surface area contributed by atoms with Crippen LogP contribution >= 0.6 is 11.8 Å². The Labute approximate surface area is 129 Å². The van der Waals surface area contributed by atoms with Crippen LogP contribution in [0.25, 0.3) is 0 Å². The third-order valence-electron chi connectivity index (χ3n) is 3.68. The minimum Gasteiger partial charge on any atom is -0.313 e. The predicted molar refractivity (Wildman–Crippen MR) is 92.7 cm³/mol. The average Bonchev–Trinajstić information content (AvgIpc) is 2.43. The third-order valence-corrected chi connectivity index (χ3v) is 5.02. The van der Waals surface area contributed by atoms with Gasteiger partial charge < -0.3 is 5.32 Å². The summed E-state index contributed by atoms with van der Waals surface area (Å²) >= 11 is 2.00. The molecule has 0 aliphatic rings. The first-order valence-corrected chi connectivity index (χ1v) is 9.07. The molecule has 0 aliphatic carbocycles. The smallest absolute Gasteiger partial charge is 0.0164 e. The Morgan fingerprint density at radius 2 is 1.90 bits per heavy atom. The maximum absolute atomic E-state index is 3.73. The Balaban J connectivity index is 2.49. The maximum Gasteiger partial charge on any atom is 0.0164 e. The Morgan fingerprint density at radius 1 is 1.15 bits per heavy atom. The molecule has 20 heavy (non-hydrogen) atoms. The normalized spacial score (nSPS) is 14.2. The molecular weight excluding hydrogens is 262 g/mol. The van der Waals surface area contributed by atoms with Crippen molar-refractivity contribution >= 4 is 11.8 Å². The van der Waals surface area contributed by atoms with Gasteiger partial charge in [-0.25, -0.2) is 0 Å². The molecule has 0 amide bonds. The van der Waals surface area contributed by atoms with Gasteiger partial charge in [0.1, 0.15) is 0 Å². The molecular formula is C18H31NS. The van der Waals surface area contributed by atoms with Gasteiger partial charge in [0.25, 0.3) is 0 Å². The van der Waals surface area contributed by atoms with Crippen molar-refractivity contribution in [3.8, 4) is 0 Å². The highest BCUT2D eigenvalue weighted by molar-refractivity contribution is 7.99. The molecule has 1 rings (SSSR count). The topological polar surface area (TPSA) is 12.0 Å². The number of aryl methyl sites for hydroxylation is 1. The Hall–Kier alpha value is -0.470.